The van der Waals surface area contributed by atoms with E-state index in [1.165, 1.54) is 12.1 Å². The molecule has 0 bridgehead atoms. The number of hydrogen-bond donors (Lipinski definition) is 0. The molecule has 0 saturated carbocycles. The van der Waals surface area contributed by atoms with E-state index in [1.54, 1.807) is 18.2 Å². The number of halogens is 5. The Morgan fingerprint density at radius 1 is 0.848 bits per heavy atom. The Bertz CT molecular complexity index is 1250. The Hall–Kier alpha value is -3.13. The fourth-order valence-corrected chi connectivity index (χ4v) is 4.36. The van der Waals surface area contributed by atoms with E-state index in [9.17, 15) is 17.6 Å². The molecule has 1 aliphatic rings. The van der Waals surface area contributed by atoms with Crippen molar-refractivity contribution in [2.45, 2.75) is 51.4 Å². The van der Waals surface area contributed by atoms with Gasteiger partial charge >= 0.3 is 0 Å². The molecule has 0 amide bonds. The van der Waals surface area contributed by atoms with Gasteiger partial charge in [0.2, 0.25) is 0 Å². The molecule has 4 rings (SSSR count). The van der Waals surface area contributed by atoms with Crippen molar-refractivity contribution in [1.82, 2.24) is 0 Å². The van der Waals surface area contributed by atoms with Gasteiger partial charge in [-0.15, -0.1) is 0 Å². The van der Waals surface area contributed by atoms with Crippen LogP contribution in [0.5, 0.6) is 0 Å². The molecule has 1 atom stereocenters. The molecule has 3 aromatic carbocycles. The zero-order chi connectivity index (χ0) is 23.5. The lowest BCUT2D eigenvalue weighted by Gasteiger charge is -2.26. The summed E-state index contributed by atoms with van der Waals surface area (Å²) in [5.74, 6) is 1.09. The standard InChI is InChI=1S/C28H23F5/c1-2-3-4-18-10-12-23(28(33)27(18)32)21-11-13-22-20(16-21)9-8-19(26(22)31)7-5-17-6-14-24(29)25(30)15-17/h6,8-10,12,14-15,21H,2-4,11,13,16H2,1H3. The number of rotatable bonds is 4. The summed E-state index contributed by atoms with van der Waals surface area (Å²) in [5.41, 5.74) is 2.40. The van der Waals surface area contributed by atoms with Gasteiger partial charge in [0.25, 0.3) is 0 Å². The minimum atomic E-state index is -1.01. The molecule has 0 N–H and O–H groups in total. The van der Waals surface area contributed by atoms with E-state index in [0.717, 1.165) is 30.5 Å². The maximum absolute atomic E-state index is 15.1. The maximum atomic E-state index is 15.1. The predicted octanol–water partition coefficient (Wildman–Crippen LogP) is 7.40. The summed E-state index contributed by atoms with van der Waals surface area (Å²) >= 11 is 0. The highest BCUT2D eigenvalue weighted by molar-refractivity contribution is 5.48. The number of aryl methyl sites for hydroxylation is 1. The van der Waals surface area contributed by atoms with Gasteiger partial charge in [-0.1, -0.05) is 43.4 Å². The summed E-state index contributed by atoms with van der Waals surface area (Å²) in [5, 5.41) is 0. The van der Waals surface area contributed by atoms with Crippen LogP contribution in [0.4, 0.5) is 22.0 Å². The highest BCUT2D eigenvalue weighted by atomic mass is 19.2. The predicted molar refractivity (Wildman–Crippen MR) is 118 cm³/mol. The van der Waals surface area contributed by atoms with Crippen molar-refractivity contribution in [3.8, 4) is 11.8 Å². The van der Waals surface area contributed by atoms with Gasteiger partial charge in [-0.3, -0.25) is 0 Å². The average Bonchev–Trinajstić information content (AvgIpc) is 2.81. The van der Waals surface area contributed by atoms with Crippen LogP contribution in [0.15, 0.2) is 42.5 Å². The Balaban J connectivity index is 1.56. The van der Waals surface area contributed by atoms with Crippen molar-refractivity contribution in [1.29, 1.82) is 0 Å². The minimum Gasteiger partial charge on any atom is -0.205 e. The minimum absolute atomic E-state index is 0.162. The fourth-order valence-electron chi connectivity index (χ4n) is 4.36. The van der Waals surface area contributed by atoms with Crippen molar-refractivity contribution in [3.05, 3.63) is 105 Å². The van der Waals surface area contributed by atoms with Crippen LogP contribution >= 0.6 is 0 Å². The molecule has 0 fully saturated rings. The van der Waals surface area contributed by atoms with Crippen LogP contribution < -0.4 is 0 Å². The van der Waals surface area contributed by atoms with E-state index < -0.39 is 29.1 Å². The first-order valence-corrected chi connectivity index (χ1v) is 11.1. The van der Waals surface area contributed by atoms with Crippen LogP contribution in [0.3, 0.4) is 0 Å². The molecule has 0 heterocycles. The second kappa shape index (κ2) is 9.79. The van der Waals surface area contributed by atoms with Crippen molar-refractivity contribution in [2.75, 3.05) is 0 Å². The van der Waals surface area contributed by atoms with Gasteiger partial charge in [-0.05, 0) is 84.5 Å². The smallest absolute Gasteiger partial charge is 0.162 e. The van der Waals surface area contributed by atoms with Crippen molar-refractivity contribution < 1.29 is 22.0 Å². The van der Waals surface area contributed by atoms with Crippen molar-refractivity contribution in [2.24, 2.45) is 0 Å². The molecule has 0 aromatic heterocycles. The summed E-state index contributed by atoms with van der Waals surface area (Å²) in [7, 11) is 0. The molecule has 0 nitrogen and oxygen atoms in total. The first-order chi connectivity index (χ1) is 15.9. The Labute approximate surface area is 190 Å². The largest absolute Gasteiger partial charge is 0.205 e. The number of benzene rings is 3. The molecular formula is C28H23F5. The monoisotopic (exact) mass is 454 g/mol. The third-order valence-corrected chi connectivity index (χ3v) is 6.24. The van der Waals surface area contributed by atoms with Gasteiger partial charge in [-0.25, -0.2) is 22.0 Å². The first-order valence-electron chi connectivity index (χ1n) is 11.1. The van der Waals surface area contributed by atoms with Gasteiger partial charge in [0.1, 0.15) is 5.82 Å². The molecule has 0 aliphatic heterocycles. The molecule has 33 heavy (non-hydrogen) atoms. The number of unbranched alkanes of at least 4 members (excludes halogenated alkanes) is 1. The Morgan fingerprint density at radius 2 is 1.67 bits per heavy atom. The van der Waals surface area contributed by atoms with Gasteiger partial charge in [-0.2, -0.15) is 0 Å². The van der Waals surface area contributed by atoms with Gasteiger partial charge in [0, 0.05) is 5.56 Å². The highest BCUT2D eigenvalue weighted by Crippen LogP contribution is 2.36. The van der Waals surface area contributed by atoms with Crippen LogP contribution in [0.25, 0.3) is 0 Å². The van der Waals surface area contributed by atoms with Gasteiger partial charge in [0.15, 0.2) is 23.3 Å². The second-order valence-corrected chi connectivity index (χ2v) is 8.43. The average molecular weight is 454 g/mol. The third kappa shape index (κ3) is 4.80. The molecule has 1 aliphatic carbocycles. The van der Waals surface area contributed by atoms with Crippen molar-refractivity contribution >= 4 is 0 Å². The van der Waals surface area contributed by atoms with E-state index in [0.29, 0.717) is 42.4 Å². The molecule has 170 valence electrons. The molecule has 1 unspecified atom stereocenters. The van der Waals surface area contributed by atoms with E-state index in [2.05, 4.69) is 11.8 Å². The first kappa shape index (κ1) is 23.0. The van der Waals surface area contributed by atoms with Crippen LogP contribution in [0.2, 0.25) is 0 Å². The maximum Gasteiger partial charge on any atom is 0.162 e. The zero-order valence-corrected chi connectivity index (χ0v) is 18.3. The summed E-state index contributed by atoms with van der Waals surface area (Å²) in [4.78, 5) is 0. The van der Waals surface area contributed by atoms with Crippen LogP contribution in [-0.2, 0) is 19.3 Å². The fraction of sp³-hybridized carbons (Fsp3) is 0.286. The molecule has 0 radical (unpaired) electrons. The summed E-state index contributed by atoms with van der Waals surface area (Å²) in [6.07, 6.45) is 3.49. The summed E-state index contributed by atoms with van der Waals surface area (Å²) in [6, 6.07) is 9.88. The summed E-state index contributed by atoms with van der Waals surface area (Å²) < 4.78 is 70.8. The van der Waals surface area contributed by atoms with Gasteiger partial charge < -0.3 is 0 Å². The van der Waals surface area contributed by atoms with E-state index in [1.807, 2.05) is 6.92 Å². The molecule has 0 saturated heterocycles. The molecule has 5 heteroatoms. The summed E-state index contributed by atoms with van der Waals surface area (Å²) in [6.45, 7) is 2.00. The second-order valence-electron chi connectivity index (χ2n) is 8.43. The lowest BCUT2D eigenvalue weighted by atomic mass is 9.79. The van der Waals surface area contributed by atoms with Gasteiger partial charge in [0.05, 0.1) is 5.56 Å². The highest BCUT2D eigenvalue weighted by Gasteiger charge is 2.27. The van der Waals surface area contributed by atoms with E-state index in [4.69, 9.17) is 0 Å². The van der Waals surface area contributed by atoms with E-state index >= 15 is 4.39 Å². The zero-order valence-electron chi connectivity index (χ0n) is 18.3. The number of fused-ring (bicyclic) bond motifs is 1. The van der Waals surface area contributed by atoms with Crippen molar-refractivity contribution in [3.63, 3.8) is 0 Å². The quantitative estimate of drug-likeness (QED) is 0.285. The molecular weight excluding hydrogens is 431 g/mol. The molecule has 0 spiro atoms. The lowest BCUT2D eigenvalue weighted by Crippen LogP contribution is -2.17. The molecule has 3 aromatic rings. The van der Waals surface area contributed by atoms with Crippen LogP contribution in [0, 0.1) is 40.9 Å². The third-order valence-electron chi connectivity index (χ3n) is 6.24. The lowest BCUT2D eigenvalue weighted by molar-refractivity contribution is 0.463. The normalized spacial score (nSPS) is 15.0. The Kier molecular flexibility index (Phi) is 6.83. The topological polar surface area (TPSA) is 0 Å². The van der Waals surface area contributed by atoms with E-state index in [-0.39, 0.29) is 17.0 Å². The Morgan fingerprint density at radius 3 is 2.42 bits per heavy atom. The van der Waals surface area contributed by atoms with Crippen LogP contribution in [-0.4, -0.2) is 0 Å². The van der Waals surface area contributed by atoms with Crippen LogP contribution in [0.1, 0.15) is 65.5 Å². The number of hydrogen-bond acceptors (Lipinski definition) is 0. The SMILES string of the molecule is CCCCc1ccc(C2CCc3c(ccc(C#Cc4ccc(F)c(F)c4)c3F)C2)c(F)c1F.